The number of hydrogen-bond donors (Lipinski definition) is 1. The third-order valence-corrected chi connectivity index (χ3v) is 9.85. The second kappa shape index (κ2) is 6.83. The molecule has 1 saturated heterocycles. The summed E-state index contributed by atoms with van der Waals surface area (Å²) < 4.78 is 0.377. The lowest BCUT2D eigenvalue weighted by atomic mass is 9.67. The van der Waals surface area contributed by atoms with Gasteiger partial charge in [-0.1, -0.05) is 6.42 Å². The normalized spacial score (nSPS) is 30.2. The second-order valence-electron chi connectivity index (χ2n) is 7.20. The number of amides is 1. The first-order valence-electron chi connectivity index (χ1n) is 8.92. The van der Waals surface area contributed by atoms with Crippen LogP contribution in [-0.2, 0) is 4.79 Å². The lowest BCUT2D eigenvalue weighted by molar-refractivity contribution is -0.384. The molecule has 2 bridgehead atoms. The molecule has 1 aromatic carbocycles. The highest BCUT2D eigenvalue weighted by atomic mass is 32.2. The third-order valence-electron chi connectivity index (χ3n) is 5.84. The molecule has 0 aromatic heterocycles. The largest absolute Gasteiger partial charge is 0.326 e. The van der Waals surface area contributed by atoms with Crippen LogP contribution in [0.5, 0.6) is 0 Å². The summed E-state index contributed by atoms with van der Waals surface area (Å²) in [6, 6.07) is 6.10. The molecule has 25 heavy (non-hydrogen) atoms. The van der Waals surface area contributed by atoms with Crippen molar-refractivity contribution in [3.63, 3.8) is 0 Å². The van der Waals surface area contributed by atoms with Crippen molar-refractivity contribution in [2.24, 2.45) is 17.8 Å². The smallest absolute Gasteiger partial charge is 0.269 e. The summed E-state index contributed by atoms with van der Waals surface area (Å²) in [4.78, 5) is 23.1. The molecule has 2 atom stereocenters. The average Bonchev–Trinajstić information content (AvgIpc) is 3.04. The predicted octanol–water partition coefficient (Wildman–Crippen LogP) is 4.54. The van der Waals surface area contributed by atoms with Gasteiger partial charge < -0.3 is 5.32 Å². The maximum Gasteiger partial charge on any atom is 0.269 e. The first-order valence-corrected chi connectivity index (χ1v) is 10.9. The van der Waals surface area contributed by atoms with Crippen LogP contribution in [0.2, 0.25) is 0 Å². The molecule has 1 aromatic rings. The van der Waals surface area contributed by atoms with Gasteiger partial charge in [-0.25, -0.2) is 0 Å². The van der Waals surface area contributed by atoms with E-state index < -0.39 is 4.92 Å². The topological polar surface area (TPSA) is 72.2 Å². The number of rotatable bonds is 3. The predicted molar refractivity (Wildman–Crippen MR) is 103 cm³/mol. The van der Waals surface area contributed by atoms with Gasteiger partial charge in [0, 0.05) is 35.2 Å². The Kier molecular flexibility index (Phi) is 4.71. The van der Waals surface area contributed by atoms with Gasteiger partial charge in [0.25, 0.3) is 5.69 Å². The van der Waals surface area contributed by atoms with E-state index in [0.29, 0.717) is 21.6 Å². The Balaban J connectivity index is 1.44. The zero-order valence-electron chi connectivity index (χ0n) is 14.0. The highest BCUT2D eigenvalue weighted by molar-refractivity contribution is 8.21. The first kappa shape index (κ1) is 17.2. The summed E-state index contributed by atoms with van der Waals surface area (Å²) in [6.45, 7) is 0. The number of carbonyl (C=O) groups is 1. The van der Waals surface area contributed by atoms with Crippen LogP contribution in [0.3, 0.4) is 0 Å². The molecule has 134 valence electrons. The number of nitro groups is 1. The molecule has 5 nitrogen and oxygen atoms in total. The van der Waals surface area contributed by atoms with Crippen LogP contribution in [0.4, 0.5) is 11.4 Å². The zero-order valence-corrected chi connectivity index (χ0v) is 15.6. The Morgan fingerprint density at radius 3 is 2.28 bits per heavy atom. The monoisotopic (exact) mass is 378 g/mol. The fourth-order valence-corrected chi connectivity index (χ4v) is 8.67. The van der Waals surface area contributed by atoms with E-state index in [4.69, 9.17) is 0 Å². The highest BCUT2D eigenvalue weighted by Gasteiger charge is 2.55. The molecule has 1 heterocycles. The quantitative estimate of drug-likeness (QED) is 0.618. The van der Waals surface area contributed by atoms with Crippen LogP contribution in [0, 0.1) is 27.9 Å². The molecule has 1 N–H and O–H groups in total. The molecule has 7 heteroatoms. The molecule has 1 aliphatic heterocycles. The van der Waals surface area contributed by atoms with Crippen LogP contribution >= 0.6 is 23.5 Å². The highest BCUT2D eigenvalue weighted by Crippen LogP contribution is 2.64. The number of benzene rings is 1. The van der Waals surface area contributed by atoms with Crippen molar-refractivity contribution < 1.29 is 9.72 Å². The van der Waals surface area contributed by atoms with Gasteiger partial charge in [0.2, 0.25) is 5.91 Å². The fraction of sp³-hybridized carbons (Fsp3) is 0.611. The molecule has 2 saturated carbocycles. The summed E-state index contributed by atoms with van der Waals surface area (Å²) in [6.07, 6.45) is 5.76. The molecule has 3 fully saturated rings. The summed E-state index contributed by atoms with van der Waals surface area (Å²) in [7, 11) is 0. The number of nitrogens with zero attached hydrogens (tertiary/aromatic N) is 1. The molecule has 2 unspecified atom stereocenters. The van der Waals surface area contributed by atoms with Crippen molar-refractivity contribution in [1.29, 1.82) is 0 Å². The Morgan fingerprint density at radius 1 is 1.12 bits per heavy atom. The van der Waals surface area contributed by atoms with Gasteiger partial charge in [0.1, 0.15) is 0 Å². The van der Waals surface area contributed by atoms with Crippen LogP contribution in [0.25, 0.3) is 0 Å². The fourth-order valence-electron chi connectivity index (χ4n) is 4.73. The first-order chi connectivity index (χ1) is 12.1. The van der Waals surface area contributed by atoms with Crippen molar-refractivity contribution in [2.45, 2.75) is 36.2 Å². The van der Waals surface area contributed by atoms with Crippen LogP contribution < -0.4 is 5.32 Å². The summed E-state index contributed by atoms with van der Waals surface area (Å²) >= 11 is 4.29. The Labute approximate surface area is 155 Å². The summed E-state index contributed by atoms with van der Waals surface area (Å²) in [5.41, 5.74) is 0.688. The molecule has 1 amide bonds. The summed E-state index contributed by atoms with van der Waals surface area (Å²) in [5, 5.41) is 13.7. The maximum atomic E-state index is 12.8. The minimum Gasteiger partial charge on any atom is -0.326 e. The third kappa shape index (κ3) is 3.16. The average molecular weight is 379 g/mol. The lowest BCUT2D eigenvalue weighted by Crippen LogP contribution is -2.48. The SMILES string of the molecule is O=C(Nc1ccc([N+](=O)[O-])cc1)C1CC2CCCC(C1)C21SCCS1. The molecular weight excluding hydrogens is 356 g/mol. The number of nitro benzene ring substituents is 1. The summed E-state index contributed by atoms with van der Waals surface area (Å²) in [5.74, 6) is 3.93. The van der Waals surface area contributed by atoms with Gasteiger partial charge in [0.15, 0.2) is 0 Å². The van der Waals surface area contributed by atoms with Gasteiger partial charge in [-0.05, 0) is 49.7 Å². The van der Waals surface area contributed by atoms with Crippen molar-refractivity contribution in [1.82, 2.24) is 0 Å². The molecule has 2 aliphatic carbocycles. The lowest BCUT2D eigenvalue weighted by Gasteiger charge is -2.52. The van der Waals surface area contributed by atoms with Crippen LogP contribution in [-0.4, -0.2) is 26.4 Å². The van der Waals surface area contributed by atoms with E-state index in [9.17, 15) is 14.9 Å². The standard InChI is InChI=1S/C18H22N2O3S2/c21-17(19-15-4-6-16(7-5-15)20(22)23)12-10-13-2-1-3-14(11-12)18(13)24-8-9-25-18/h4-7,12-14H,1-3,8-11H2,(H,19,21). The van der Waals surface area contributed by atoms with E-state index in [1.54, 1.807) is 12.1 Å². The maximum absolute atomic E-state index is 12.8. The number of anilines is 1. The number of non-ortho nitro benzene ring substituents is 1. The number of carbonyl (C=O) groups excluding carboxylic acids is 1. The molecular formula is C18H22N2O3S2. The Hall–Kier alpha value is -1.21. The molecule has 4 rings (SSSR count). The Bertz CT molecular complexity index is 657. The van der Waals surface area contributed by atoms with E-state index in [2.05, 4.69) is 28.8 Å². The van der Waals surface area contributed by atoms with Gasteiger partial charge in [0.05, 0.1) is 9.00 Å². The van der Waals surface area contributed by atoms with Gasteiger partial charge in [-0.3, -0.25) is 14.9 Å². The van der Waals surface area contributed by atoms with Crippen molar-refractivity contribution >= 4 is 40.8 Å². The van der Waals surface area contributed by atoms with E-state index in [-0.39, 0.29) is 17.5 Å². The Morgan fingerprint density at radius 2 is 1.72 bits per heavy atom. The minimum atomic E-state index is -0.426. The molecule has 0 radical (unpaired) electrons. The van der Waals surface area contributed by atoms with Crippen LogP contribution in [0.1, 0.15) is 32.1 Å². The van der Waals surface area contributed by atoms with Gasteiger partial charge >= 0.3 is 0 Å². The number of thioether (sulfide) groups is 2. The number of hydrogen-bond acceptors (Lipinski definition) is 5. The molecule has 1 spiro atoms. The zero-order chi connectivity index (χ0) is 17.4. The second-order valence-corrected chi connectivity index (χ2v) is 10.2. The van der Waals surface area contributed by atoms with E-state index >= 15 is 0 Å². The van der Waals surface area contributed by atoms with Gasteiger partial charge in [-0.2, -0.15) is 0 Å². The van der Waals surface area contributed by atoms with E-state index in [1.165, 1.54) is 42.9 Å². The van der Waals surface area contributed by atoms with E-state index in [1.807, 2.05) is 0 Å². The van der Waals surface area contributed by atoms with E-state index in [0.717, 1.165) is 12.8 Å². The van der Waals surface area contributed by atoms with Crippen LogP contribution in [0.15, 0.2) is 24.3 Å². The van der Waals surface area contributed by atoms with Crippen molar-refractivity contribution in [3.05, 3.63) is 34.4 Å². The van der Waals surface area contributed by atoms with Crippen molar-refractivity contribution in [3.8, 4) is 0 Å². The molecule has 3 aliphatic rings. The van der Waals surface area contributed by atoms with Gasteiger partial charge in [-0.15, -0.1) is 23.5 Å². The minimum absolute atomic E-state index is 0.0439. The number of nitrogens with one attached hydrogen (secondary N) is 1. The van der Waals surface area contributed by atoms with Crippen molar-refractivity contribution in [2.75, 3.05) is 16.8 Å².